The van der Waals surface area contributed by atoms with Crippen LogP contribution in [0.3, 0.4) is 0 Å². The minimum Gasteiger partial charge on any atom is -0.493 e. The lowest BCUT2D eigenvalue weighted by atomic mass is 10.0. The van der Waals surface area contributed by atoms with Gasteiger partial charge < -0.3 is 19.5 Å². The van der Waals surface area contributed by atoms with Gasteiger partial charge in [0.05, 0.1) is 20.8 Å². The monoisotopic (exact) mass is 369 g/mol. The van der Waals surface area contributed by atoms with Crippen LogP contribution in [0, 0.1) is 0 Å². The number of ether oxygens (including phenoxy) is 3. The lowest BCUT2D eigenvalue weighted by molar-refractivity contribution is -0.116. The lowest BCUT2D eigenvalue weighted by Gasteiger charge is -2.13. The van der Waals surface area contributed by atoms with E-state index in [-0.39, 0.29) is 5.91 Å². The molecule has 5 heteroatoms. The van der Waals surface area contributed by atoms with Crippen LogP contribution < -0.4 is 19.5 Å². The second kappa shape index (κ2) is 10.3. The fraction of sp³-hybridized carbons (Fsp3) is 0.318. The van der Waals surface area contributed by atoms with Gasteiger partial charge >= 0.3 is 0 Å². The Bertz CT molecular complexity index is 784. The first kappa shape index (κ1) is 20.4. The summed E-state index contributed by atoms with van der Waals surface area (Å²) in [5, 5.41) is 2.82. The van der Waals surface area contributed by atoms with Gasteiger partial charge in [0.1, 0.15) is 12.4 Å². The fourth-order valence-electron chi connectivity index (χ4n) is 2.61. The third-order valence-corrected chi connectivity index (χ3v) is 4.03. The van der Waals surface area contributed by atoms with E-state index in [4.69, 9.17) is 14.2 Å². The zero-order valence-corrected chi connectivity index (χ0v) is 16.3. The smallest absolute Gasteiger partial charge is 0.244 e. The zero-order valence-electron chi connectivity index (χ0n) is 16.3. The number of hydrogen-bond acceptors (Lipinski definition) is 4. The Morgan fingerprint density at radius 2 is 1.78 bits per heavy atom. The third kappa shape index (κ3) is 6.06. The van der Waals surface area contributed by atoms with E-state index >= 15 is 0 Å². The van der Waals surface area contributed by atoms with Gasteiger partial charge in [-0.2, -0.15) is 0 Å². The number of nitrogens with one attached hydrogen (secondary N) is 1. The maximum absolute atomic E-state index is 12.0. The van der Waals surface area contributed by atoms with E-state index in [1.54, 1.807) is 26.4 Å². The summed E-state index contributed by atoms with van der Waals surface area (Å²) in [5.74, 6) is 2.35. The van der Waals surface area contributed by atoms with Crippen LogP contribution in [0.2, 0.25) is 0 Å². The molecule has 0 aliphatic heterocycles. The van der Waals surface area contributed by atoms with E-state index in [2.05, 4.69) is 25.2 Å². The van der Waals surface area contributed by atoms with Gasteiger partial charge in [0.25, 0.3) is 0 Å². The van der Waals surface area contributed by atoms with Gasteiger partial charge in [-0.15, -0.1) is 0 Å². The molecular formula is C22H27NO4. The lowest BCUT2D eigenvalue weighted by Crippen LogP contribution is -2.26. The maximum Gasteiger partial charge on any atom is 0.244 e. The standard InChI is InChI=1S/C22H27NO4/c1-16(2)18-7-5-6-8-19(18)27-14-13-23-22(24)12-10-17-9-11-20(25-3)21(15-17)26-4/h5-12,15-16H,13-14H2,1-4H3,(H,23,24)/b12-10+. The largest absolute Gasteiger partial charge is 0.493 e. The van der Waals surface area contributed by atoms with Gasteiger partial charge in [-0.3, -0.25) is 4.79 Å². The average Bonchev–Trinajstić information content (AvgIpc) is 2.69. The molecule has 0 aromatic heterocycles. The second-order valence-corrected chi connectivity index (χ2v) is 6.28. The van der Waals surface area contributed by atoms with Crippen molar-refractivity contribution in [2.75, 3.05) is 27.4 Å². The summed E-state index contributed by atoms with van der Waals surface area (Å²) in [4.78, 5) is 12.0. The summed E-state index contributed by atoms with van der Waals surface area (Å²) in [5.41, 5.74) is 2.02. The molecule has 2 aromatic carbocycles. The topological polar surface area (TPSA) is 56.8 Å². The molecule has 5 nitrogen and oxygen atoms in total. The molecule has 0 saturated carbocycles. The van der Waals surface area contributed by atoms with E-state index in [1.807, 2.05) is 30.3 Å². The van der Waals surface area contributed by atoms with E-state index in [1.165, 1.54) is 6.08 Å². The molecule has 0 atom stereocenters. The Labute approximate surface area is 161 Å². The van der Waals surface area contributed by atoms with Crippen LogP contribution >= 0.6 is 0 Å². The third-order valence-electron chi connectivity index (χ3n) is 4.03. The molecule has 1 N–H and O–H groups in total. The molecule has 0 aliphatic rings. The predicted molar refractivity (Wildman–Crippen MR) is 108 cm³/mol. The zero-order chi connectivity index (χ0) is 19.6. The van der Waals surface area contributed by atoms with Crippen molar-refractivity contribution >= 4 is 12.0 Å². The molecule has 0 saturated heterocycles. The average molecular weight is 369 g/mol. The molecule has 0 aliphatic carbocycles. The number of hydrogen-bond donors (Lipinski definition) is 1. The van der Waals surface area contributed by atoms with Gasteiger partial charge in [0.15, 0.2) is 11.5 Å². The molecule has 0 fully saturated rings. The summed E-state index contributed by atoms with van der Waals surface area (Å²) in [7, 11) is 3.16. The highest BCUT2D eigenvalue weighted by Crippen LogP contribution is 2.28. The molecule has 0 unspecified atom stereocenters. The Morgan fingerprint density at radius 1 is 1.04 bits per heavy atom. The predicted octanol–water partition coefficient (Wildman–Crippen LogP) is 4.04. The first-order valence-corrected chi connectivity index (χ1v) is 8.94. The molecule has 1 amide bonds. The van der Waals surface area contributed by atoms with Gasteiger partial charge in [0.2, 0.25) is 5.91 Å². The number of carbonyl (C=O) groups excluding carboxylic acids is 1. The number of amides is 1. The van der Waals surface area contributed by atoms with Crippen LogP contribution in [-0.4, -0.2) is 33.3 Å². The van der Waals surface area contributed by atoms with Crippen LogP contribution in [0.15, 0.2) is 48.5 Å². The van der Waals surface area contributed by atoms with Gasteiger partial charge in [-0.1, -0.05) is 38.1 Å². The quantitative estimate of drug-likeness (QED) is 0.535. The molecule has 0 radical (unpaired) electrons. The van der Waals surface area contributed by atoms with Crippen molar-refractivity contribution < 1.29 is 19.0 Å². The minimum absolute atomic E-state index is 0.175. The van der Waals surface area contributed by atoms with Gasteiger partial charge in [-0.25, -0.2) is 0 Å². The molecule has 0 bridgehead atoms. The van der Waals surface area contributed by atoms with Crippen LogP contribution in [0.25, 0.3) is 6.08 Å². The molecular weight excluding hydrogens is 342 g/mol. The minimum atomic E-state index is -0.175. The summed E-state index contributed by atoms with van der Waals surface area (Å²) >= 11 is 0. The number of rotatable bonds is 9. The molecule has 144 valence electrons. The van der Waals surface area contributed by atoms with E-state index < -0.39 is 0 Å². The van der Waals surface area contributed by atoms with E-state index in [0.29, 0.717) is 30.6 Å². The molecule has 2 rings (SSSR count). The van der Waals surface area contributed by atoms with Gasteiger partial charge in [0, 0.05) is 6.08 Å². The second-order valence-electron chi connectivity index (χ2n) is 6.28. The van der Waals surface area contributed by atoms with Crippen molar-refractivity contribution in [1.82, 2.24) is 5.32 Å². The Kier molecular flexibility index (Phi) is 7.74. The first-order valence-electron chi connectivity index (χ1n) is 8.94. The van der Waals surface area contributed by atoms with Crippen molar-refractivity contribution in [3.05, 3.63) is 59.7 Å². The highest BCUT2D eigenvalue weighted by atomic mass is 16.5. The Balaban J connectivity index is 1.82. The van der Waals surface area contributed by atoms with Crippen LogP contribution in [0.1, 0.15) is 30.9 Å². The molecule has 2 aromatic rings. The highest BCUT2D eigenvalue weighted by molar-refractivity contribution is 5.91. The SMILES string of the molecule is COc1ccc(/C=C/C(=O)NCCOc2ccccc2C(C)C)cc1OC. The molecule has 0 spiro atoms. The van der Waals surface area contributed by atoms with Crippen molar-refractivity contribution in [3.63, 3.8) is 0 Å². The first-order chi connectivity index (χ1) is 13.0. The van der Waals surface area contributed by atoms with Crippen LogP contribution in [-0.2, 0) is 4.79 Å². The fourth-order valence-corrected chi connectivity index (χ4v) is 2.61. The Morgan fingerprint density at radius 3 is 2.48 bits per heavy atom. The van der Waals surface area contributed by atoms with Crippen molar-refractivity contribution in [1.29, 1.82) is 0 Å². The highest BCUT2D eigenvalue weighted by Gasteiger charge is 2.07. The number of para-hydroxylation sites is 1. The number of methoxy groups -OCH3 is 2. The van der Waals surface area contributed by atoms with Crippen molar-refractivity contribution in [3.8, 4) is 17.2 Å². The Hall–Kier alpha value is -2.95. The van der Waals surface area contributed by atoms with Crippen molar-refractivity contribution in [2.45, 2.75) is 19.8 Å². The molecule has 27 heavy (non-hydrogen) atoms. The summed E-state index contributed by atoms with van der Waals surface area (Å²) in [6, 6.07) is 13.4. The normalized spacial score (nSPS) is 10.9. The van der Waals surface area contributed by atoms with E-state index in [9.17, 15) is 4.79 Å². The number of carbonyl (C=O) groups is 1. The summed E-state index contributed by atoms with van der Waals surface area (Å²) in [6.07, 6.45) is 3.22. The van der Waals surface area contributed by atoms with Crippen molar-refractivity contribution in [2.24, 2.45) is 0 Å². The summed E-state index contributed by atoms with van der Waals surface area (Å²) < 4.78 is 16.3. The summed E-state index contributed by atoms with van der Waals surface area (Å²) in [6.45, 7) is 5.10. The number of benzene rings is 2. The van der Waals surface area contributed by atoms with Crippen LogP contribution in [0.4, 0.5) is 0 Å². The van der Waals surface area contributed by atoms with E-state index in [0.717, 1.165) is 16.9 Å². The van der Waals surface area contributed by atoms with Gasteiger partial charge in [-0.05, 0) is 41.3 Å². The van der Waals surface area contributed by atoms with Crippen LogP contribution in [0.5, 0.6) is 17.2 Å². The molecule has 0 heterocycles. The maximum atomic E-state index is 12.0.